The highest BCUT2D eigenvalue weighted by Gasteiger charge is 2.22. The fourth-order valence-corrected chi connectivity index (χ4v) is 2.61. The topological polar surface area (TPSA) is 38.8 Å². The van der Waals surface area contributed by atoms with Crippen molar-refractivity contribution in [1.82, 2.24) is 4.90 Å². The molecule has 4 heteroatoms. The highest BCUT2D eigenvalue weighted by atomic mass is 16.5. The first kappa shape index (κ1) is 15.0. The SMILES string of the molecule is CCC1COCCN1Cc1cc(C(C)=O)ccc1OC. The summed E-state index contributed by atoms with van der Waals surface area (Å²) < 4.78 is 11.0. The highest BCUT2D eigenvalue weighted by Crippen LogP contribution is 2.24. The Morgan fingerprint density at radius 3 is 2.95 bits per heavy atom. The number of rotatable bonds is 5. The van der Waals surface area contributed by atoms with Gasteiger partial charge in [-0.2, -0.15) is 0 Å². The maximum absolute atomic E-state index is 11.5. The summed E-state index contributed by atoms with van der Waals surface area (Å²) in [5.74, 6) is 0.930. The Bertz CT molecular complexity index is 473. The van der Waals surface area contributed by atoms with Gasteiger partial charge in [0.05, 0.1) is 20.3 Å². The van der Waals surface area contributed by atoms with Crippen molar-refractivity contribution >= 4 is 5.78 Å². The van der Waals surface area contributed by atoms with Gasteiger partial charge in [-0.15, -0.1) is 0 Å². The highest BCUT2D eigenvalue weighted by molar-refractivity contribution is 5.94. The average Bonchev–Trinajstić information content (AvgIpc) is 2.47. The molecule has 0 aromatic heterocycles. The molecule has 20 heavy (non-hydrogen) atoms. The van der Waals surface area contributed by atoms with Crippen molar-refractivity contribution < 1.29 is 14.3 Å². The Labute approximate surface area is 120 Å². The summed E-state index contributed by atoms with van der Waals surface area (Å²) in [7, 11) is 1.67. The fourth-order valence-electron chi connectivity index (χ4n) is 2.61. The first-order valence-electron chi connectivity index (χ1n) is 7.15. The lowest BCUT2D eigenvalue weighted by Crippen LogP contribution is -2.44. The van der Waals surface area contributed by atoms with Gasteiger partial charge in [0.15, 0.2) is 5.78 Å². The molecule has 2 rings (SSSR count). The molecular weight excluding hydrogens is 254 g/mol. The molecule has 1 aliphatic rings. The maximum Gasteiger partial charge on any atom is 0.159 e. The summed E-state index contributed by atoms with van der Waals surface area (Å²) in [5.41, 5.74) is 1.81. The summed E-state index contributed by atoms with van der Waals surface area (Å²) in [6.07, 6.45) is 1.06. The number of hydrogen-bond acceptors (Lipinski definition) is 4. The van der Waals surface area contributed by atoms with E-state index in [0.29, 0.717) is 6.04 Å². The number of ether oxygens (including phenoxy) is 2. The fraction of sp³-hybridized carbons (Fsp3) is 0.562. The van der Waals surface area contributed by atoms with E-state index in [1.165, 1.54) is 0 Å². The molecule has 0 bridgehead atoms. The molecule has 1 atom stereocenters. The van der Waals surface area contributed by atoms with E-state index in [-0.39, 0.29) is 5.78 Å². The van der Waals surface area contributed by atoms with E-state index in [1.807, 2.05) is 18.2 Å². The zero-order valence-corrected chi connectivity index (χ0v) is 12.5. The number of carbonyl (C=O) groups excluding carboxylic acids is 1. The molecule has 0 aliphatic carbocycles. The average molecular weight is 277 g/mol. The molecule has 1 fully saturated rings. The molecule has 1 aromatic carbocycles. The molecule has 1 aliphatic heterocycles. The lowest BCUT2D eigenvalue weighted by atomic mass is 10.0. The molecule has 0 radical (unpaired) electrons. The molecule has 0 N–H and O–H groups in total. The molecule has 0 saturated carbocycles. The molecule has 110 valence electrons. The second kappa shape index (κ2) is 6.86. The van der Waals surface area contributed by atoms with Crippen LogP contribution < -0.4 is 4.74 Å². The van der Waals surface area contributed by atoms with Gasteiger partial charge in [0.1, 0.15) is 5.75 Å². The zero-order valence-electron chi connectivity index (χ0n) is 12.5. The van der Waals surface area contributed by atoms with Gasteiger partial charge in [-0.25, -0.2) is 0 Å². The van der Waals surface area contributed by atoms with Crippen LogP contribution in [0.5, 0.6) is 5.75 Å². The number of hydrogen-bond donors (Lipinski definition) is 0. The van der Waals surface area contributed by atoms with Gasteiger partial charge >= 0.3 is 0 Å². The lowest BCUT2D eigenvalue weighted by molar-refractivity contribution is -0.0130. The van der Waals surface area contributed by atoms with Gasteiger partial charge in [0.25, 0.3) is 0 Å². The van der Waals surface area contributed by atoms with Crippen LogP contribution in [0, 0.1) is 0 Å². The third-order valence-electron chi connectivity index (χ3n) is 3.88. The number of benzene rings is 1. The van der Waals surface area contributed by atoms with E-state index < -0.39 is 0 Å². The molecule has 0 amide bonds. The Kier molecular flexibility index (Phi) is 5.15. The summed E-state index contributed by atoms with van der Waals surface area (Å²) in [6.45, 7) is 7.04. The van der Waals surface area contributed by atoms with Crippen LogP contribution in [0.1, 0.15) is 36.2 Å². The summed E-state index contributed by atoms with van der Waals surface area (Å²) in [5, 5.41) is 0. The van der Waals surface area contributed by atoms with E-state index in [9.17, 15) is 4.79 Å². The molecule has 0 spiro atoms. The second-order valence-corrected chi connectivity index (χ2v) is 5.19. The molecule has 1 saturated heterocycles. The molecule has 4 nitrogen and oxygen atoms in total. The molecule has 1 unspecified atom stereocenters. The summed E-state index contributed by atoms with van der Waals surface area (Å²) >= 11 is 0. The Balaban J connectivity index is 2.21. The first-order valence-corrected chi connectivity index (χ1v) is 7.15. The summed E-state index contributed by atoms with van der Waals surface area (Å²) in [4.78, 5) is 13.9. The van der Waals surface area contributed by atoms with E-state index in [0.717, 1.165) is 49.6 Å². The number of Topliss-reactive ketones (excluding diaryl/α,β-unsaturated/α-hetero) is 1. The Morgan fingerprint density at radius 2 is 2.30 bits per heavy atom. The van der Waals surface area contributed by atoms with Crippen molar-refractivity contribution in [3.8, 4) is 5.75 Å². The minimum Gasteiger partial charge on any atom is -0.496 e. The zero-order chi connectivity index (χ0) is 14.5. The van der Waals surface area contributed by atoms with Gasteiger partial charge < -0.3 is 9.47 Å². The standard InChI is InChI=1S/C16H23NO3/c1-4-15-11-20-8-7-17(15)10-14-9-13(12(2)18)5-6-16(14)19-3/h5-6,9,15H,4,7-8,10-11H2,1-3H3. The first-order chi connectivity index (χ1) is 9.65. The monoisotopic (exact) mass is 277 g/mol. The van der Waals surface area contributed by atoms with E-state index in [4.69, 9.17) is 9.47 Å². The van der Waals surface area contributed by atoms with Crippen LogP contribution in [0.2, 0.25) is 0 Å². The normalized spacial score (nSPS) is 19.9. The summed E-state index contributed by atoms with van der Waals surface area (Å²) in [6, 6.07) is 6.09. The number of ketones is 1. The van der Waals surface area contributed by atoms with Crippen LogP contribution in [0.4, 0.5) is 0 Å². The van der Waals surface area contributed by atoms with Crippen LogP contribution in [-0.2, 0) is 11.3 Å². The van der Waals surface area contributed by atoms with E-state index in [1.54, 1.807) is 14.0 Å². The van der Waals surface area contributed by atoms with Crippen molar-refractivity contribution in [2.75, 3.05) is 26.9 Å². The minimum absolute atomic E-state index is 0.0860. The van der Waals surface area contributed by atoms with Crippen LogP contribution in [0.15, 0.2) is 18.2 Å². The predicted octanol–water partition coefficient (Wildman–Crippen LogP) is 2.51. The van der Waals surface area contributed by atoms with Gasteiger partial charge in [-0.1, -0.05) is 6.92 Å². The van der Waals surface area contributed by atoms with Crippen molar-refractivity contribution in [3.05, 3.63) is 29.3 Å². The van der Waals surface area contributed by atoms with Gasteiger partial charge in [0, 0.05) is 30.3 Å². The van der Waals surface area contributed by atoms with Crippen molar-refractivity contribution in [2.45, 2.75) is 32.9 Å². The molecular formula is C16H23NO3. The number of methoxy groups -OCH3 is 1. The van der Waals surface area contributed by atoms with Crippen molar-refractivity contribution in [3.63, 3.8) is 0 Å². The molecule has 1 heterocycles. The van der Waals surface area contributed by atoms with Gasteiger partial charge in [0.2, 0.25) is 0 Å². The van der Waals surface area contributed by atoms with Crippen LogP contribution in [0.3, 0.4) is 0 Å². The quantitative estimate of drug-likeness (QED) is 0.775. The van der Waals surface area contributed by atoms with Crippen LogP contribution in [-0.4, -0.2) is 43.6 Å². The number of nitrogens with zero attached hydrogens (tertiary/aromatic N) is 1. The maximum atomic E-state index is 11.5. The smallest absolute Gasteiger partial charge is 0.159 e. The van der Waals surface area contributed by atoms with E-state index >= 15 is 0 Å². The van der Waals surface area contributed by atoms with Crippen LogP contribution in [0.25, 0.3) is 0 Å². The number of carbonyl (C=O) groups is 1. The minimum atomic E-state index is 0.0860. The largest absolute Gasteiger partial charge is 0.496 e. The van der Waals surface area contributed by atoms with Crippen LogP contribution >= 0.6 is 0 Å². The van der Waals surface area contributed by atoms with Gasteiger partial charge in [-0.3, -0.25) is 9.69 Å². The van der Waals surface area contributed by atoms with Gasteiger partial charge in [-0.05, 0) is 31.5 Å². The second-order valence-electron chi connectivity index (χ2n) is 5.19. The lowest BCUT2D eigenvalue weighted by Gasteiger charge is -2.35. The molecule has 1 aromatic rings. The Morgan fingerprint density at radius 1 is 1.50 bits per heavy atom. The Hall–Kier alpha value is -1.39. The number of morpholine rings is 1. The third kappa shape index (κ3) is 3.38. The third-order valence-corrected chi connectivity index (χ3v) is 3.88. The van der Waals surface area contributed by atoms with Crippen molar-refractivity contribution in [2.24, 2.45) is 0 Å². The van der Waals surface area contributed by atoms with Crippen molar-refractivity contribution in [1.29, 1.82) is 0 Å². The predicted molar refractivity (Wildman–Crippen MR) is 78.3 cm³/mol. The van der Waals surface area contributed by atoms with E-state index in [2.05, 4.69) is 11.8 Å².